The van der Waals surface area contributed by atoms with Crippen LogP contribution >= 0.6 is 0 Å². The van der Waals surface area contributed by atoms with Gasteiger partial charge in [0.05, 0.1) is 29.7 Å². The van der Waals surface area contributed by atoms with E-state index in [0.717, 1.165) is 22.3 Å². The highest BCUT2D eigenvalue weighted by Crippen LogP contribution is 2.58. The van der Waals surface area contributed by atoms with Crippen molar-refractivity contribution < 1.29 is 19.1 Å². The van der Waals surface area contributed by atoms with Gasteiger partial charge in [0.2, 0.25) is 11.8 Å². The molecule has 2 fully saturated rings. The molecule has 3 aliphatic rings. The Bertz CT molecular complexity index is 1350. The van der Waals surface area contributed by atoms with E-state index >= 15 is 0 Å². The minimum atomic E-state index is -0.471. The number of allylic oxidation sites excluding steroid dienone is 3. The Morgan fingerprint density at radius 2 is 1.28 bits per heavy atom. The summed E-state index contributed by atoms with van der Waals surface area (Å²) in [5.41, 5.74) is 5.14. The zero-order valence-corrected chi connectivity index (χ0v) is 19.8. The van der Waals surface area contributed by atoms with Gasteiger partial charge in [0.15, 0.2) is 0 Å². The predicted octanol–water partition coefficient (Wildman–Crippen LogP) is 5.29. The van der Waals surface area contributed by atoms with E-state index in [1.165, 1.54) is 4.90 Å². The number of fused-ring (bicyclic) bond motifs is 5. The summed E-state index contributed by atoms with van der Waals surface area (Å²) in [7, 11) is 0. The summed E-state index contributed by atoms with van der Waals surface area (Å²) >= 11 is 0. The molecule has 0 aromatic heterocycles. The van der Waals surface area contributed by atoms with E-state index in [0.29, 0.717) is 11.3 Å². The number of nitrogens with zero attached hydrogens (tertiary/aromatic N) is 1. The van der Waals surface area contributed by atoms with Crippen LogP contribution in [0.15, 0.2) is 103 Å². The van der Waals surface area contributed by atoms with Crippen LogP contribution in [0.25, 0.3) is 5.57 Å². The second-order valence-electron chi connectivity index (χ2n) is 9.33. The number of hydrogen-bond donors (Lipinski definition) is 0. The van der Waals surface area contributed by atoms with E-state index in [4.69, 9.17) is 4.74 Å². The second kappa shape index (κ2) is 8.76. The minimum Gasteiger partial charge on any atom is -0.462 e. The Morgan fingerprint density at radius 3 is 1.81 bits per heavy atom. The van der Waals surface area contributed by atoms with Gasteiger partial charge in [-0.25, -0.2) is 9.69 Å². The molecule has 1 saturated heterocycles. The first-order valence-electron chi connectivity index (χ1n) is 12.3. The summed E-state index contributed by atoms with van der Waals surface area (Å²) in [6, 6.07) is 26.9. The molecule has 36 heavy (non-hydrogen) atoms. The fraction of sp³-hybridized carbons (Fsp3) is 0.194. The molecule has 2 bridgehead atoms. The van der Waals surface area contributed by atoms with Crippen molar-refractivity contribution in [2.75, 3.05) is 11.5 Å². The molecule has 3 aromatic rings. The molecule has 0 unspecified atom stereocenters. The Kier molecular flexibility index (Phi) is 5.41. The fourth-order valence-corrected chi connectivity index (χ4v) is 6.05. The molecule has 4 atom stereocenters. The van der Waals surface area contributed by atoms with Crippen molar-refractivity contribution in [3.05, 3.63) is 119 Å². The molecule has 5 heteroatoms. The molecule has 1 saturated carbocycles. The van der Waals surface area contributed by atoms with Crippen molar-refractivity contribution in [1.29, 1.82) is 0 Å². The lowest BCUT2D eigenvalue weighted by Gasteiger charge is -2.22. The van der Waals surface area contributed by atoms with E-state index in [9.17, 15) is 14.4 Å². The molecule has 6 rings (SSSR count). The summed E-state index contributed by atoms with van der Waals surface area (Å²) in [6.45, 7) is 1.99. The van der Waals surface area contributed by atoms with Crippen LogP contribution in [-0.4, -0.2) is 24.4 Å². The highest BCUT2D eigenvalue weighted by atomic mass is 16.5. The van der Waals surface area contributed by atoms with Crippen molar-refractivity contribution in [2.45, 2.75) is 6.92 Å². The van der Waals surface area contributed by atoms with Gasteiger partial charge in [-0.05, 0) is 47.4 Å². The molecule has 0 radical (unpaired) electrons. The lowest BCUT2D eigenvalue weighted by Crippen LogP contribution is -2.33. The maximum Gasteiger partial charge on any atom is 0.338 e. The number of amides is 2. The standard InChI is InChI=1S/C31H25NO4/c1-2-36-31(35)21-14-9-15-22(18-21)32-29(33)27-23-16-17-24(28(27)30(32)34)26(23)25(19-10-5-3-6-11-19)20-12-7-4-8-13-20/h3-18,23-24,27-28H,2H2,1H3/t23-,24+,27-,28-/m0/s1. The van der Waals surface area contributed by atoms with Crippen LogP contribution in [0.1, 0.15) is 28.4 Å². The van der Waals surface area contributed by atoms with Crippen LogP contribution in [-0.2, 0) is 14.3 Å². The van der Waals surface area contributed by atoms with Gasteiger partial charge >= 0.3 is 5.97 Å². The lowest BCUT2D eigenvalue weighted by molar-refractivity contribution is -0.122. The normalized spacial score (nSPS) is 23.8. The molecule has 178 valence electrons. The molecule has 0 spiro atoms. The quantitative estimate of drug-likeness (QED) is 0.286. The van der Waals surface area contributed by atoms with Crippen molar-refractivity contribution in [1.82, 2.24) is 0 Å². The monoisotopic (exact) mass is 475 g/mol. The van der Waals surface area contributed by atoms with E-state index in [-0.39, 0.29) is 30.3 Å². The molecular weight excluding hydrogens is 450 g/mol. The minimum absolute atomic E-state index is 0.148. The van der Waals surface area contributed by atoms with Crippen molar-refractivity contribution in [3.8, 4) is 0 Å². The van der Waals surface area contributed by atoms with Gasteiger partial charge < -0.3 is 4.74 Å². The smallest absolute Gasteiger partial charge is 0.338 e. The van der Waals surface area contributed by atoms with Crippen LogP contribution in [0.3, 0.4) is 0 Å². The molecule has 5 nitrogen and oxygen atoms in total. The number of hydrogen-bond acceptors (Lipinski definition) is 4. The van der Waals surface area contributed by atoms with Gasteiger partial charge in [0.1, 0.15) is 0 Å². The zero-order chi connectivity index (χ0) is 24.8. The van der Waals surface area contributed by atoms with E-state index in [1.54, 1.807) is 31.2 Å². The first-order chi connectivity index (χ1) is 17.6. The first kappa shape index (κ1) is 22.2. The molecule has 0 N–H and O–H groups in total. The Balaban J connectivity index is 1.42. The highest BCUT2D eigenvalue weighted by molar-refractivity contribution is 6.23. The predicted molar refractivity (Wildman–Crippen MR) is 137 cm³/mol. The largest absolute Gasteiger partial charge is 0.462 e. The van der Waals surface area contributed by atoms with E-state index in [1.807, 2.05) is 36.4 Å². The van der Waals surface area contributed by atoms with Crippen LogP contribution in [0.2, 0.25) is 0 Å². The van der Waals surface area contributed by atoms with Crippen LogP contribution in [0, 0.1) is 23.7 Å². The van der Waals surface area contributed by atoms with Gasteiger partial charge in [-0.15, -0.1) is 0 Å². The third-order valence-corrected chi connectivity index (χ3v) is 7.44. The van der Waals surface area contributed by atoms with Crippen LogP contribution in [0.5, 0.6) is 0 Å². The van der Waals surface area contributed by atoms with Gasteiger partial charge in [-0.3, -0.25) is 9.59 Å². The molecule has 2 amide bonds. The molecule has 2 aliphatic carbocycles. The zero-order valence-electron chi connectivity index (χ0n) is 19.8. The third-order valence-electron chi connectivity index (χ3n) is 7.44. The number of rotatable bonds is 5. The van der Waals surface area contributed by atoms with Gasteiger partial charge in [0, 0.05) is 11.8 Å². The first-order valence-corrected chi connectivity index (χ1v) is 12.3. The lowest BCUT2D eigenvalue weighted by atomic mass is 9.85. The van der Waals surface area contributed by atoms with Gasteiger partial charge in [0.25, 0.3) is 0 Å². The summed E-state index contributed by atoms with van der Waals surface area (Å²) in [5, 5.41) is 0. The second-order valence-corrected chi connectivity index (χ2v) is 9.33. The number of imide groups is 1. The molecular formula is C31H25NO4. The summed E-state index contributed by atoms with van der Waals surface area (Å²) < 4.78 is 5.10. The summed E-state index contributed by atoms with van der Waals surface area (Å²) in [4.78, 5) is 41.1. The van der Waals surface area contributed by atoms with Crippen molar-refractivity contribution >= 4 is 29.0 Å². The fourth-order valence-electron chi connectivity index (χ4n) is 6.05. The number of esters is 1. The van der Waals surface area contributed by atoms with Crippen LogP contribution in [0.4, 0.5) is 5.69 Å². The summed E-state index contributed by atoms with van der Waals surface area (Å²) in [5.74, 6) is -2.08. The summed E-state index contributed by atoms with van der Waals surface area (Å²) in [6.07, 6.45) is 4.19. The van der Waals surface area contributed by atoms with Gasteiger partial charge in [-0.1, -0.05) is 78.9 Å². The van der Waals surface area contributed by atoms with Crippen molar-refractivity contribution in [2.24, 2.45) is 23.7 Å². The van der Waals surface area contributed by atoms with E-state index < -0.39 is 17.8 Å². The SMILES string of the molecule is CCOC(=O)c1cccc(N2C(=O)[C@@H]3[C@@H](C2=O)[C@H]2C=C[C@@H]3C2=C(c2ccccc2)c2ccccc2)c1. The number of carbonyl (C=O) groups is 3. The average molecular weight is 476 g/mol. The molecule has 1 aliphatic heterocycles. The third kappa shape index (κ3) is 3.34. The average Bonchev–Trinajstić information content (AvgIpc) is 3.54. The Hall–Kier alpha value is -4.25. The topological polar surface area (TPSA) is 63.7 Å². The molecule has 1 heterocycles. The number of ether oxygens (including phenoxy) is 1. The maximum atomic E-state index is 13.8. The number of benzene rings is 3. The Labute approximate surface area is 209 Å². The maximum absolute atomic E-state index is 13.8. The van der Waals surface area contributed by atoms with Crippen molar-refractivity contribution in [3.63, 3.8) is 0 Å². The molecule has 3 aromatic carbocycles. The van der Waals surface area contributed by atoms with E-state index in [2.05, 4.69) is 36.4 Å². The Morgan fingerprint density at radius 1 is 0.750 bits per heavy atom. The number of anilines is 1. The van der Waals surface area contributed by atoms with Gasteiger partial charge in [-0.2, -0.15) is 0 Å². The highest BCUT2D eigenvalue weighted by Gasteiger charge is 2.62. The number of carbonyl (C=O) groups excluding carboxylic acids is 3. The van der Waals surface area contributed by atoms with Crippen LogP contribution < -0.4 is 4.90 Å².